The number of hydrogen-bond donors (Lipinski definition) is 1. The van der Waals surface area contributed by atoms with Crippen LogP contribution < -0.4 is 0 Å². The van der Waals surface area contributed by atoms with E-state index in [1.807, 2.05) is 41.0 Å². The summed E-state index contributed by atoms with van der Waals surface area (Å²) in [4.78, 5) is 23.2. The second-order valence-corrected chi connectivity index (χ2v) is 6.59. The van der Waals surface area contributed by atoms with Gasteiger partial charge >= 0.3 is 0 Å². The van der Waals surface area contributed by atoms with Gasteiger partial charge in [0.1, 0.15) is 5.71 Å². The number of nitrogens with zero attached hydrogens (tertiary/aromatic N) is 3. The van der Waals surface area contributed by atoms with Gasteiger partial charge in [-0.1, -0.05) is 30.3 Å². The number of para-hydroxylation sites is 1. The van der Waals surface area contributed by atoms with Crippen LogP contribution in [0, 0.1) is 10.1 Å². The molecule has 0 fully saturated rings. The normalized spacial score (nSPS) is 11.8. The summed E-state index contributed by atoms with van der Waals surface area (Å²) >= 11 is 0. The zero-order chi connectivity index (χ0) is 20.5. The Morgan fingerprint density at radius 3 is 2.38 bits per heavy atom. The second kappa shape index (κ2) is 7.20. The van der Waals surface area contributed by atoms with Gasteiger partial charge in [-0.3, -0.25) is 14.9 Å². The van der Waals surface area contributed by atoms with Crippen LogP contribution in [0.15, 0.2) is 71.9 Å². The van der Waals surface area contributed by atoms with Crippen LogP contribution in [0.5, 0.6) is 0 Å². The Bertz CT molecular complexity index is 1290. The van der Waals surface area contributed by atoms with Crippen molar-refractivity contribution in [2.24, 2.45) is 5.16 Å². The highest BCUT2D eigenvalue weighted by Crippen LogP contribution is 2.34. The predicted octanol–water partition coefficient (Wildman–Crippen LogP) is 5.11. The van der Waals surface area contributed by atoms with Crippen LogP contribution in [0.3, 0.4) is 0 Å². The SMILES string of the molecule is CCC(=NO)C(=O)c1ccc(-n2c3ccccc3c3cc([N+](=O)[O-])ccc32)cc1. The molecule has 7 nitrogen and oxygen atoms in total. The summed E-state index contributed by atoms with van der Waals surface area (Å²) in [5, 5.41) is 24.9. The van der Waals surface area contributed by atoms with Crippen LogP contribution in [0.25, 0.3) is 27.5 Å². The summed E-state index contributed by atoms with van der Waals surface area (Å²) < 4.78 is 2.00. The second-order valence-electron chi connectivity index (χ2n) is 6.59. The summed E-state index contributed by atoms with van der Waals surface area (Å²) in [5.41, 5.74) is 3.13. The van der Waals surface area contributed by atoms with Crippen molar-refractivity contribution >= 4 is 39.0 Å². The molecule has 29 heavy (non-hydrogen) atoms. The van der Waals surface area contributed by atoms with Crippen molar-refractivity contribution in [2.45, 2.75) is 13.3 Å². The fourth-order valence-electron chi connectivity index (χ4n) is 3.56. The average molecular weight is 387 g/mol. The zero-order valence-corrected chi connectivity index (χ0v) is 15.6. The van der Waals surface area contributed by atoms with E-state index in [1.54, 1.807) is 31.2 Å². The molecule has 0 aliphatic rings. The van der Waals surface area contributed by atoms with Crippen molar-refractivity contribution in [1.82, 2.24) is 4.57 Å². The fourth-order valence-corrected chi connectivity index (χ4v) is 3.56. The lowest BCUT2D eigenvalue weighted by Crippen LogP contribution is -2.13. The maximum Gasteiger partial charge on any atom is 0.270 e. The van der Waals surface area contributed by atoms with E-state index in [1.165, 1.54) is 6.07 Å². The number of benzene rings is 3. The molecule has 144 valence electrons. The van der Waals surface area contributed by atoms with E-state index in [2.05, 4.69) is 5.16 Å². The number of aromatic nitrogens is 1. The number of Topliss-reactive ketones (excluding diaryl/α,β-unsaturated/α-hetero) is 1. The molecule has 0 aliphatic carbocycles. The van der Waals surface area contributed by atoms with Crippen molar-refractivity contribution in [1.29, 1.82) is 0 Å². The fraction of sp³-hybridized carbons (Fsp3) is 0.0909. The molecule has 0 amide bonds. The third kappa shape index (κ3) is 3.02. The minimum absolute atomic E-state index is 0.0386. The summed E-state index contributed by atoms with van der Waals surface area (Å²) in [6, 6.07) is 19.5. The number of ketones is 1. The number of carbonyl (C=O) groups is 1. The van der Waals surface area contributed by atoms with Gasteiger partial charge in [0.25, 0.3) is 5.69 Å². The third-order valence-corrected chi connectivity index (χ3v) is 4.97. The Labute approximate surface area is 165 Å². The molecule has 0 saturated heterocycles. The lowest BCUT2D eigenvalue weighted by Gasteiger charge is -2.09. The number of carbonyl (C=O) groups excluding carboxylic acids is 1. The number of fused-ring (bicyclic) bond motifs is 3. The molecule has 0 atom stereocenters. The molecule has 0 spiro atoms. The van der Waals surface area contributed by atoms with Crippen molar-refractivity contribution in [3.8, 4) is 5.69 Å². The summed E-state index contributed by atoms with van der Waals surface area (Å²) in [6.07, 6.45) is 0.336. The van der Waals surface area contributed by atoms with Crippen molar-refractivity contribution in [3.05, 3.63) is 82.4 Å². The quantitative estimate of drug-likeness (QED) is 0.169. The minimum atomic E-state index is -0.403. The number of rotatable bonds is 5. The minimum Gasteiger partial charge on any atom is -0.411 e. The number of hydrogen-bond acceptors (Lipinski definition) is 5. The molecule has 1 heterocycles. The summed E-state index contributed by atoms with van der Waals surface area (Å²) in [5.74, 6) is -0.320. The van der Waals surface area contributed by atoms with Crippen LogP contribution in [-0.2, 0) is 0 Å². The molecule has 0 bridgehead atoms. The van der Waals surface area contributed by atoms with E-state index < -0.39 is 4.92 Å². The molecule has 1 aromatic heterocycles. The van der Waals surface area contributed by atoms with Crippen LogP contribution >= 0.6 is 0 Å². The van der Waals surface area contributed by atoms with Crippen molar-refractivity contribution in [3.63, 3.8) is 0 Å². The molecule has 7 heteroatoms. The maximum absolute atomic E-state index is 12.4. The largest absolute Gasteiger partial charge is 0.411 e. The van der Waals surface area contributed by atoms with Gasteiger partial charge in [0.2, 0.25) is 5.78 Å². The monoisotopic (exact) mass is 387 g/mol. The number of oxime groups is 1. The molecule has 0 saturated carbocycles. The van der Waals surface area contributed by atoms with E-state index in [4.69, 9.17) is 5.21 Å². The molecule has 4 aromatic rings. The zero-order valence-electron chi connectivity index (χ0n) is 15.6. The number of nitro benzene ring substituents is 1. The molecular weight excluding hydrogens is 370 g/mol. The first-order valence-electron chi connectivity index (χ1n) is 9.08. The highest BCUT2D eigenvalue weighted by molar-refractivity contribution is 6.45. The smallest absolute Gasteiger partial charge is 0.270 e. The highest BCUT2D eigenvalue weighted by atomic mass is 16.6. The van der Waals surface area contributed by atoms with Crippen molar-refractivity contribution < 1.29 is 14.9 Å². The van der Waals surface area contributed by atoms with Crippen molar-refractivity contribution in [2.75, 3.05) is 0 Å². The van der Waals surface area contributed by atoms with Crippen LogP contribution in [0.1, 0.15) is 23.7 Å². The molecule has 3 aromatic carbocycles. The van der Waals surface area contributed by atoms with Gasteiger partial charge in [-0.25, -0.2) is 0 Å². The van der Waals surface area contributed by atoms with Gasteiger partial charge in [-0.15, -0.1) is 0 Å². The molecule has 0 radical (unpaired) electrons. The van der Waals surface area contributed by atoms with Gasteiger partial charge in [0.05, 0.1) is 16.0 Å². The van der Waals surface area contributed by atoms with E-state index in [9.17, 15) is 14.9 Å². The lowest BCUT2D eigenvalue weighted by molar-refractivity contribution is -0.384. The summed E-state index contributed by atoms with van der Waals surface area (Å²) in [6.45, 7) is 1.75. The predicted molar refractivity (Wildman–Crippen MR) is 111 cm³/mol. The van der Waals surface area contributed by atoms with Gasteiger partial charge in [0.15, 0.2) is 0 Å². The van der Waals surface area contributed by atoms with Gasteiger partial charge in [-0.2, -0.15) is 0 Å². The maximum atomic E-state index is 12.4. The molecular formula is C22H17N3O4. The van der Waals surface area contributed by atoms with Gasteiger partial charge in [0, 0.05) is 34.2 Å². The number of nitro groups is 1. The Morgan fingerprint density at radius 2 is 1.72 bits per heavy atom. The molecule has 4 rings (SSSR count). The lowest BCUT2D eigenvalue weighted by atomic mass is 10.0. The Balaban J connectivity index is 1.89. The first kappa shape index (κ1) is 18.4. The van der Waals surface area contributed by atoms with Gasteiger partial charge < -0.3 is 9.77 Å². The Kier molecular flexibility index (Phi) is 4.56. The molecule has 0 aliphatic heterocycles. The van der Waals surface area contributed by atoms with E-state index in [0.29, 0.717) is 12.0 Å². The van der Waals surface area contributed by atoms with Crippen LogP contribution in [-0.4, -0.2) is 26.2 Å². The van der Waals surface area contributed by atoms with E-state index >= 15 is 0 Å². The summed E-state index contributed by atoms with van der Waals surface area (Å²) in [7, 11) is 0. The van der Waals surface area contributed by atoms with Gasteiger partial charge in [-0.05, 0) is 42.8 Å². The first-order valence-corrected chi connectivity index (χ1v) is 9.08. The Morgan fingerprint density at radius 1 is 1.03 bits per heavy atom. The Hall–Kier alpha value is -4.00. The standard InChI is InChI=1S/C22H17N3O4/c1-2-19(23-27)22(26)14-7-9-15(10-8-14)24-20-6-4-3-5-17(20)18-13-16(25(28)29)11-12-21(18)24/h3-13,27H,2H2,1H3. The average Bonchev–Trinajstić information content (AvgIpc) is 3.08. The number of non-ortho nitro benzene ring substituents is 1. The molecule has 0 unspecified atom stereocenters. The highest BCUT2D eigenvalue weighted by Gasteiger charge is 2.17. The van der Waals surface area contributed by atoms with Crippen LogP contribution in [0.4, 0.5) is 5.69 Å². The topological polar surface area (TPSA) is 97.7 Å². The first-order chi connectivity index (χ1) is 14.0. The van der Waals surface area contributed by atoms with E-state index in [-0.39, 0.29) is 17.2 Å². The van der Waals surface area contributed by atoms with Crippen LogP contribution in [0.2, 0.25) is 0 Å². The third-order valence-electron chi connectivity index (χ3n) is 4.97. The molecule has 1 N–H and O–H groups in total. The van der Waals surface area contributed by atoms with E-state index in [0.717, 1.165) is 27.5 Å².